The number of alkyl carbamates (subject to hydrolysis) is 1. The van der Waals surface area contributed by atoms with Crippen molar-refractivity contribution >= 4 is 11.8 Å². The molecule has 0 saturated heterocycles. The maximum atomic E-state index is 13.9. The van der Waals surface area contributed by atoms with Crippen LogP contribution in [-0.2, 0) is 11.3 Å². The number of nitrogens with one attached hydrogen (secondary N) is 1. The Balaban J connectivity index is 2.11. The van der Waals surface area contributed by atoms with E-state index >= 15 is 0 Å². The highest BCUT2D eigenvalue weighted by Crippen LogP contribution is 2.30. The number of benzene rings is 2. The monoisotopic (exact) mass is 362 g/mol. The highest BCUT2D eigenvalue weighted by molar-refractivity contribution is 5.68. The third-order valence-electron chi connectivity index (χ3n) is 3.30. The lowest BCUT2D eigenvalue weighted by atomic mass is 10.1. The molecule has 140 valence electrons. The van der Waals surface area contributed by atoms with Gasteiger partial charge in [0.2, 0.25) is 0 Å². The molecule has 0 unspecified atom stereocenters. The van der Waals surface area contributed by atoms with Gasteiger partial charge in [0.25, 0.3) is 0 Å². The molecule has 0 fully saturated rings. The molecule has 0 aliphatic carbocycles. The summed E-state index contributed by atoms with van der Waals surface area (Å²) in [6.45, 7) is 5.48. The van der Waals surface area contributed by atoms with E-state index in [1.165, 1.54) is 25.3 Å². The highest BCUT2D eigenvalue weighted by atomic mass is 19.1. The minimum Gasteiger partial charge on any atom is -0.497 e. The van der Waals surface area contributed by atoms with Crippen molar-refractivity contribution in [2.45, 2.75) is 32.9 Å². The van der Waals surface area contributed by atoms with E-state index in [1.54, 1.807) is 39.0 Å². The zero-order valence-electron chi connectivity index (χ0n) is 15.3. The van der Waals surface area contributed by atoms with Gasteiger partial charge in [-0.3, -0.25) is 0 Å². The second-order valence-electron chi connectivity index (χ2n) is 6.61. The van der Waals surface area contributed by atoms with Crippen molar-refractivity contribution in [1.29, 1.82) is 0 Å². The Hall–Kier alpha value is -2.96. The standard InChI is InChI=1S/C19H23FN2O4/c1-19(2,3)26-18(23)22-11-12-9-14(6-8-16(12)21)25-17-10-13(24-4)5-7-15(17)20/h5-10H,11,21H2,1-4H3,(H,22,23). The van der Waals surface area contributed by atoms with Crippen LogP contribution in [0.5, 0.6) is 17.2 Å². The van der Waals surface area contributed by atoms with Crippen molar-refractivity contribution in [1.82, 2.24) is 5.32 Å². The van der Waals surface area contributed by atoms with Gasteiger partial charge in [0.15, 0.2) is 11.6 Å². The summed E-state index contributed by atoms with van der Waals surface area (Å²) in [5, 5.41) is 2.63. The Morgan fingerprint density at radius 3 is 2.50 bits per heavy atom. The minimum atomic E-state index is -0.593. The average molecular weight is 362 g/mol. The van der Waals surface area contributed by atoms with Crippen molar-refractivity contribution in [3.63, 3.8) is 0 Å². The quantitative estimate of drug-likeness (QED) is 0.778. The van der Waals surface area contributed by atoms with Crippen LogP contribution in [0.2, 0.25) is 0 Å². The molecule has 0 aliphatic rings. The Morgan fingerprint density at radius 2 is 1.85 bits per heavy atom. The molecule has 6 nitrogen and oxygen atoms in total. The lowest BCUT2D eigenvalue weighted by molar-refractivity contribution is 0.0523. The van der Waals surface area contributed by atoms with E-state index in [0.717, 1.165) is 0 Å². The molecule has 0 aliphatic heterocycles. The lowest BCUT2D eigenvalue weighted by Gasteiger charge is -2.20. The van der Waals surface area contributed by atoms with Crippen LogP contribution in [0.1, 0.15) is 26.3 Å². The molecule has 3 N–H and O–H groups in total. The fourth-order valence-electron chi connectivity index (χ4n) is 2.10. The molecular weight excluding hydrogens is 339 g/mol. The first-order chi connectivity index (χ1) is 12.2. The van der Waals surface area contributed by atoms with Crippen molar-refractivity contribution in [2.24, 2.45) is 0 Å². The van der Waals surface area contributed by atoms with Gasteiger partial charge >= 0.3 is 6.09 Å². The first kappa shape index (κ1) is 19.4. The molecule has 2 rings (SSSR count). The fraction of sp³-hybridized carbons (Fsp3) is 0.316. The van der Waals surface area contributed by atoms with E-state index in [0.29, 0.717) is 22.7 Å². The number of hydrogen-bond donors (Lipinski definition) is 2. The number of carbonyl (C=O) groups excluding carboxylic acids is 1. The molecule has 0 atom stereocenters. The van der Waals surface area contributed by atoms with Crippen LogP contribution in [0, 0.1) is 5.82 Å². The van der Waals surface area contributed by atoms with Crippen molar-refractivity contribution < 1.29 is 23.4 Å². The molecule has 26 heavy (non-hydrogen) atoms. The van der Waals surface area contributed by atoms with Crippen LogP contribution in [0.15, 0.2) is 36.4 Å². The number of methoxy groups -OCH3 is 1. The fourth-order valence-corrected chi connectivity index (χ4v) is 2.10. The molecule has 0 spiro atoms. The molecule has 0 radical (unpaired) electrons. The summed E-state index contributed by atoms with van der Waals surface area (Å²) in [5.41, 5.74) is 6.43. The third-order valence-corrected chi connectivity index (χ3v) is 3.30. The summed E-state index contributed by atoms with van der Waals surface area (Å²) in [6, 6.07) is 9.08. The predicted molar refractivity (Wildman–Crippen MR) is 97.0 cm³/mol. The predicted octanol–water partition coefficient (Wildman–Crippen LogP) is 4.23. The number of hydrogen-bond acceptors (Lipinski definition) is 5. The highest BCUT2D eigenvalue weighted by Gasteiger charge is 2.16. The molecule has 0 saturated carbocycles. The SMILES string of the molecule is COc1ccc(F)c(Oc2ccc(N)c(CNC(=O)OC(C)(C)C)c2)c1. The van der Waals surface area contributed by atoms with Crippen LogP contribution in [0.4, 0.5) is 14.9 Å². The molecule has 2 aromatic carbocycles. The summed E-state index contributed by atoms with van der Waals surface area (Å²) >= 11 is 0. The summed E-state index contributed by atoms with van der Waals surface area (Å²) in [4.78, 5) is 11.8. The van der Waals surface area contributed by atoms with E-state index in [1.807, 2.05) is 0 Å². The minimum absolute atomic E-state index is 0.0279. The Bertz CT molecular complexity index is 788. The van der Waals surface area contributed by atoms with Gasteiger partial charge in [-0.2, -0.15) is 0 Å². The topological polar surface area (TPSA) is 82.8 Å². The van der Waals surface area contributed by atoms with E-state index in [4.69, 9.17) is 19.9 Å². The van der Waals surface area contributed by atoms with Crippen LogP contribution in [0.25, 0.3) is 0 Å². The smallest absolute Gasteiger partial charge is 0.407 e. The maximum absolute atomic E-state index is 13.9. The molecule has 0 bridgehead atoms. The van der Waals surface area contributed by atoms with Gasteiger partial charge in [0.05, 0.1) is 7.11 Å². The number of anilines is 1. The van der Waals surface area contributed by atoms with Crippen molar-refractivity contribution in [3.8, 4) is 17.2 Å². The second-order valence-corrected chi connectivity index (χ2v) is 6.61. The van der Waals surface area contributed by atoms with Gasteiger partial charge in [0, 0.05) is 18.3 Å². The molecular formula is C19H23FN2O4. The zero-order valence-corrected chi connectivity index (χ0v) is 15.3. The molecule has 1 amide bonds. The number of carbonyl (C=O) groups is 1. The summed E-state index contributed by atoms with van der Waals surface area (Å²) < 4.78 is 29.7. The summed E-state index contributed by atoms with van der Waals surface area (Å²) in [6.07, 6.45) is -0.554. The number of amides is 1. The number of nitrogens with two attached hydrogens (primary N) is 1. The first-order valence-electron chi connectivity index (χ1n) is 8.04. The van der Waals surface area contributed by atoms with Gasteiger partial charge < -0.3 is 25.3 Å². The van der Waals surface area contributed by atoms with Gasteiger partial charge in [-0.05, 0) is 56.7 Å². The Morgan fingerprint density at radius 1 is 1.15 bits per heavy atom. The maximum Gasteiger partial charge on any atom is 0.407 e. The van der Waals surface area contributed by atoms with Crippen LogP contribution in [-0.4, -0.2) is 18.8 Å². The largest absolute Gasteiger partial charge is 0.497 e. The first-order valence-corrected chi connectivity index (χ1v) is 8.04. The Labute approximate surface area is 152 Å². The van der Waals surface area contributed by atoms with Gasteiger partial charge in [-0.1, -0.05) is 0 Å². The Kier molecular flexibility index (Phi) is 5.92. The van der Waals surface area contributed by atoms with Gasteiger partial charge in [0.1, 0.15) is 17.1 Å². The van der Waals surface area contributed by atoms with Crippen LogP contribution < -0.4 is 20.5 Å². The third kappa shape index (κ3) is 5.54. The molecule has 2 aromatic rings. The van der Waals surface area contributed by atoms with Crippen LogP contribution in [0.3, 0.4) is 0 Å². The van der Waals surface area contributed by atoms with E-state index in [2.05, 4.69) is 5.32 Å². The summed E-state index contributed by atoms with van der Waals surface area (Å²) in [7, 11) is 1.49. The van der Waals surface area contributed by atoms with Crippen LogP contribution >= 0.6 is 0 Å². The number of ether oxygens (including phenoxy) is 3. The normalized spacial score (nSPS) is 11.0. The van der Waals surface area contributed by atoms with Gasteiger partial charge in [-0.15, -0.1) is 0 Å². The molecule has 7 heteroatoms. The van der Waals surface area contributed by atoms with E-state index < -0.39 is 17.5 Å². The molecule has 0 heterocycles. The van der Waals surface area contributed by atoms with E-state index in [9.17, 15) is 9.18 Å². The number of halogens is 1. The summed E-state index contributed by atoms with van der Waals surface area (Å²) in [5.74, 6) is 0.368. The zero-order chi connectivity index (χ0) is 19.3. The lowest BCUT2D eigenvalue weighted by Crippen LogP contribution is -2.32. The average Bonchev–Trinajstić information content (AvgIpc) is 2.55. The van der Waals surface area contributed by atoms with Crippen molar-refractivity contribution in [2.75, 3.05) is 12.8 Å². The second kappa shape index (κ2) is 7.95. The number of nitrogen functional groups attached to an aromatic ring is 1. The van der Waals surface area contributed by atoms with E-state index in [-0.39, 0.29) is 12.3 Å². The molecule has 0 aromatic heterocycles. The van der Waals surface area contributed by atoms with Crippen molar-refractivity contribution in [3.05, 3.63) is 47.8 Å². The van der Waals surface area contributed by atoms with Gasteiger partial charge in [-0.25, -0.2) is 9.18 Å². The number of rotatable bonds is 5.